The zero-order valence-corrected chi connectivity index (χ0v) is 17.3. The zero-order chi connectivity index (χ0) is 21.0. The van der Waals surface area contributed by atoms with Crippen molar-refractivity contribution in [2.45, 2.75) is 25.3 Å². The number of aromatic nitrogens is 1. The fraction of sp³-hybridized carbons (Fsp3) is 0.280. The van der Waals surface area contributed by atoms with Crippen LogP contribution in [-0.4, -0.2) is 29.5 Å². The summed E-state index contributed by atoms with van der Waals surface area (Å²) in [4.78, 5) is 6.91. The monoisotopic (exact) mass is 412 g/mol. The van der Waals surface area contributed by atoms with E-state index in [2.05, 4.69) is 33.4 Å². The molecule has 1 aliphatic heterocycles. The van der Waals surface area contributed by atoms with E-state index in [1.54, 1.807) is 6.26 Å². The van der Waals surface area contributed by atoms with Crippen molar-refractivity contribution in [2.24, 2.45) is 0 Å². The van der Waals surface area contributed by atoms with Gasteiger partial charge in [-0.1, -0.05) is 42.8 Å². The van der Waals surface area contributed by atoms with Gasteiger partial charge in [0.15, 0.2) is 0 Å². The van der Waals surface area contributed by atoms with E-state index in [0.717, 1.165) is 35.2 Å². The second-order valence-corrected chi connectivity index (χ2v) is 7.84. The molecule has 0 spiro atoms. The molecule has 0 amide bonds. The molecule has 31 heavy (non-hydrogen) atoms. The molecule has 0 aliphatic carbocycles. The summed E-state index contributed by atoms with van der Waals surface area (Å²) in [6.07, 6.45) is 5.35. The summed E-state index contributed by atoms with van der Waals surface area (Å²) in [5, 5.41) is 15.1. The molecule has 6 nitrogen and oxygen atoms in total. The van der Waals surface area contributed by atoms with Gasteiger partial charge in [0, 0.05) is 12.1 Å². The third-order valence-electron chi connectivity index (χ3n) is 5.91. The van der Waals surface area contributed by atoms with Gasteiger partial charge in [0.1, 0.15) is 11.8 Å². The van der Waals surface area contributed by atoms with Crippen molar-refractivity contribution in [1.82, 2.24) is 9.88 Å². The Morgan fingerprint density at radius 2 is 1.87 bits per heavy atom. The summed E-state index contributed by atoms with van der Waals surface area (Å²) < 4.78 is 11.8. The van der Waals surface area contributed by atoms with Gasteiger partial charge < -0.3 is 14.2 Å². The number of fused-ring (bicyclic) bond motifs is 1. The lowest BCUT2D eigenvalue weighted by Gasteiger charge is -2.33. The highest BCUT2D eigenvalue weighted by atomic mass is 16.4. The van der Waals surface area contributed by atoms with Gasteiger partial charge in [-0.25, -0.2) is 0 Å². The highest BCUT2D eigenvalue weighted by Crippen LogP contribution is 2.32. The van der Waals surface area contributed by atoms with Crippen molar-refractivity contribution in [2.75, 3.05) is 25.0 Å². The molecule has 0 bridgehead atoms. The van der Waals surface area contributed by atoms with Crippen molar-refractivity contribution in [3.8, 4) is 17.5 Å². The number of rotatable bonds is 6. The molecule has 1 saturated heterocycles. The Balaban J connectivity index is 1.43. The van der Waals surface area contributed by atoms with E-state index in [9.17, 15) is 5.26 Å². The largest absolute Gasteiger partial charge is 0.468 e. The first-order valence-electron chi connectivity index (χ1n) is 10.7. The lowest BCUT2D eigenvalue weighted by atomic mass is 10.0. The first-order chi connectivity index (χ1) is 15.3. The summed E-state index contributed by atoms with van der Waals surface area (Å²) in [5.74, 6) is 1.77. The van der Waals surface area contributed by atoms with Gasteiger partial charge in [0.05, 0.1) is 12.3 Å². The highest BCUT2D eigenvalue weighted by molar-refractivity contribution is 5.94. The number of nitriles is 1. The number of furan rings is 1. The van der Waals surface area contributed by atoms with E-state index in [1.807, 2.05) is 42.5 Å². The minimum atomic E-state index is 0.0768. The van der Waals surface area contributed by atoms with E-state index in [4.69, 9.17) is 8.83 Å². The highest BCUT2D eigenvalue weighted by Gasteiger charge is 2.25. The Labute approximate surface area is 181 Å². The molecule has 1 aliphatic rings. The number of piperidine rings is 1. The van der Waals surface area contributed by atoms with Crippen LogP contribution in [0.5, 0.6) is 0 Å². The van der Waals surface area contributed by atoms with Gasteiger partial charge in [-0.3, -0.25) is 4.90 Å². The van der Waals surface area contributed by atoms with Crippen molar-refractivity contribution in [1.29, 1.82) is 5.26 Å². The first kappa shape index (κ1) is 19.4. The maximum absolute atomic E-state index is 9.65. The van der Waals surface area contributed by atoms with Gasteiger partial charge >= 0.3 is 0 Å². The minimum Gasteiger partial charge on any atom is -0.468 e. The zero-order valence-electron chi connectivity index (χ0n) is 17.3. The molecular formula is C25H24N4O2. The number of hydrogen-bond acceptors (Lipinski definition) is 6. The lowest BCUT2D eigenvalue weighted by Crippen LogP contribution is -2.37. The Hall–Kier alpha value is -3.56. The summed E-state index contributed by atoms with van der Waals surface area (Å²) >= 11 is 0. The number of hydrogen-bond donors (Lipinski definition) is 1. The van der Waals surface area contributed by atoms with Crippen molar-refractivity contribution < 1.29 is 8.83 Å². The summed E-state index contributed by atoms with van der Waals surface area (Å²) in [5.41, 5.74) is 1.14. The fourth-order valence-corrected chi connectivity index (χ4v) is 4.35. The van der Waals surface area contributed by atoms with E-state index in [0.29, 0.717) is 18.3 Å². The molecule has 0 radical (unpaired) electrons. The summed E-state index contributed by atoms with van der Waals surface area (Å²) in [6.45, 7) is 2.65. The Morgan fingerprint density at radius 3 is 2.68 bits per heavy atom. The molecule has 156 valence electrons. The van der Waals surface area contributed by atoms with Crippen LogP contribution < -0.4 is 5.32 Å². The second-order valence-electron chi connectivity index (χ2n) is 7.84. The van der Waals surface area contributed by atoms with Crippen LogP contribution in [0.1, 0.15) is 36.8 Å². The van der Waals surface area contributed by atoms with E-state index >= 15 is 0 Å². The predicted octanol–water partition coefficient (Wildman–Crippen LogP) is 5.60. The third kappa shape index (κ3) is 3.92. The number of anilines is 1. The SMILES string of the molecule is N#Cc1nc(-c2cccc3ccccc23)oc1NC[C@@H](c1ccco1)N1CCCCC1. The molecule has 2 aromatic heterocycles. The van der Waals surface area contributed by atoms with Crippen molar-refractivity contribution in [3.05, 3.63) is 72.3 Å². The maximum Gasteiger partial charge on any atom is 0.232 e. The Bertz CT molecular complexity index is 1190. The lowest BCUT2D eigenvalue weighted by molar-refractivity contribution is 0.152. The van der Waals surface area contributed by atoms with Crippen LogP contribution in [0.2, 0.25) is 0 Å². The van der Waals surface area contributed by atoms with Gasteiger partial charge in [0.2, 0.25) is 17.5 Å². The van der Waals surface area contributed by atoms with E-state index < -0.39 is 0 Å². The smallest absolute Gasteiger partial charge is 0.232 e. The van der Waals surface area contributed by atoms with Crippen LogP contribution in [0.4, 0.5) is 5.88 Å². The number of nitrogens with zero attached hydrogens (tertiary/aromatic N) is 3. The maximum atomic E-state index is 9.65. The fourth-order valence-electron chi connectivity index (χ4n) is 4.35. The molecule has 0 saturated carbocycles. The van der Waals surface area contributed by atoms with Gasteiger partial charge in [-0.2, -0.15) is 10.2 Å². The van der Waals surface area contributed by atoms with Crippen LogP contribution >= 0.6 is 0 Å². The molecule has 6 heteroatoms. The van der Waals surface area contributed by atoms with Crippen LogP contribution in [-0.2, 0) is 0 Å². The predicted molar refractivity (Wildman–Crippen MR) is 120 cm³/mol. The Kier molecular flexibility index (Phi) is 5.42. The first-order valence-corrected chi connectivity index (χ1v) is 10.7. The average molecular weight is 412 g/mol. The molecule has 0 unspecified atom stereocenters. The third-order valence-corrected chi connectivity index (χ3v) is 5.91. The second kappa shape index (κ2) is 8.66. The van der Waals surface area contributed by atoms with Crippen LogP contribution in [0.25, 0.3) is 22.2 Å². The molecule has 2 aromatic carbocycles. The summed E-state index contributed by atoms with van der Waals surface area (Å²) in [7, 11) is 0. The Morgan fingerprint density at radius 1 is 1.03 bits per heavy atom. The number of likely N-dealkylation sites (tertiary alicyclic amines) is 1. The topological polar surface area (TPSA) is 78.2 Å². The quantitative estimate of drug-likeness (QED) is 0.444. The molecule has 4 aromatic rings. The minimum absolute atomic E-state index is 0.0768. The van der Waals surface area contributed by atoms with Gasteiger partial charge in [-0.15, -0.1) is 0 Å². The van der Waals surface area contributed by atoms with Gasteiger partial charge in [-0.05, 0) is 54.9 Å². The van der Waals surface area contributed by atoms with Gasteiger partial charge in [0.25, 0.3) is 0 Å². The molecular weight excluding hydrogens is 388 g/mol. The average Bonchev–Trinajstić information content (AvgIpc) is 3.50. The van der Waals surface area contributed by atoms with Crippen LogP contribution in [0, 0.1) is 11.3 Å². The van der Waals surface area contributed by atoms with Crippen LogP contribution in [0.3, 0.4) is 0 Å². The van der Waals surface area contributed by atoms with E-state index in [-0.39, 0.29) is 11.7 Å². The van der Waals surface area contributed by atoms with Crippen LogP contribution in [0.15, 0.2) is 69.7 Å². The van der Waals surface area contributed by atoms with Crippen molar-refractivity contribution in [3.63, 3.8) is 0 Å². The normalized spacial score (nSPS) is 15.6. The molecule has 1 fully saturated rings. The molecule has 3 heterocycles. The molecule has 5 rings (SSSR count). The number of oxazole rings is 1. The number of nitrogens with one attached hydrogen (secondary N) is 1. The summed E-state index contributed by atoms with van der Waals surface area (Å²) in [6, 6.07) is 20.3. The molecule has 1 atom stereocenters. The number of benzene rings is 2. The van der Waals surface area contributed by atoms with Crippen molar-refractivity contribution >= 4 is 16.7 Å². The molecule has 1 N–H and O–H groups in total. The standard InChI is InChI=1S/C25H24N4O2/c26-16-21-25(27-17-22(23-12-7-15-30-23)29-13-4-1-5-14-29)31-24(28-21)20-11-6-9-18-8-2-3-10-19(18)20/h2-3,6-12,15,22,27H,1,4-5,13-14,17H2/t22-/m0/s1. The van der Waals surface area contributed by atoms with E-state index in [1.165, 1.54) is 19.3 Å².